The van der Waals surface area contributed by atoms with E-state index in [0.717, 1.165) is 53.3 Å². The Balaban J connectivity index is 1.47. The molecule has 4 nitrogen and oxygen atoms in total. The minimum Gasteiger partial charge on any atom is -0.352 e. The molecule has 1 saturated carbocycles. The lowest BCUT2D eigenvalue weighted by Gasteiger charge is -2.21. The number of aromatic nitrogens is 2. The van der Waals surface area contributed by atoms with Crippen molar-refractivity contribution in [3.05, 3.63) is 53.2 Å². The summed E-state index contributed by atoms with van der Waals surface area (Å²) < 4.78 is 1.87. The zero-order chi connectivity index (χ0) is 18.8. The molecule has 0 radical (unpaired) electrons. The van der Waals surface area contributed by atoms with Crippen LogP contribution in [0.2, 0.25) is 5.02 Å². The Morgan fingerprint density at radius 3 is 2.67 bits per heavy atom. The van der Waals surface area contributed by atoms with Crippen molar-refractivity contribution >= 4 is 28.4 Å². The quantitative estimate of drug-likeness (QED) is 0.684. The minimum atomic E-state index is 0.164. The first kappa shape index (κ1) is 18.1. The summed E-state index contributed by atoms with van der Waals surface area (Å²) in [7, 11) is 1.94. The summed E-state index contributed by atoms with van der Waals surface area (Å²) in [4.78, 5) is 12.3. The molecule has 0 unspecified atom stereocenters. The van der Waals surface area contributed by atoms with Crippen molar-refractivity contribution in [2.75, 3.05) is 0 Å². The molecule has 2 aromatic carbocycles. The Morgan fingerprint density at radius 2 is 1.89 bits per heavy atom. The van der Waals surface area contributed by atoms with E-state index in [1.165, 1.54) is 6.42 Å². The molecule has 1 aliphatic rings. The highest BCUT2D eigenvalue weighted by Gasteiger charge is 2.20. The van der Waals surface area contributed by atoms with Crippen LogP contribution in [-0.4, -0.2) is 15.7 Å². The molecule has 1 N–H and O–H groups in total. The first-order chi connectivity index (χ1) is 13.1. The normalized spacial score (nSPS) is 15.2. The molecule has 0 aliphatic heterocycles. The smallest absolute Gasteiger partial charge is 0.223 e. The molecule has 0 spiro atoms. The molecule has 3 aromatic rings. The predicted molar refractivity (Wildman–Crippen MR) is 110 cm³/mol. The fraction of sp³-hybridized carbons (Fsp3) is 0.364. The van der Waals surface area contributed by atoms with Crippen LogP contribution in [0.1, 0.15) is 37.7 Å². The third kappa shape index (κ3) is 3.86. The van der Waals surface area contributed by atoms with Crippen molar-refractivity contribution in [1.82, 2.24) is 15.1 Å². The number of fused-ring (bicyclic) bond motifs is 1. The first-order valence-electron chi connectivity index (χ1n) is 9.60. The fourth-order valence-corrected chi connectivity index (χ4v) is 4.15. The number of benzene rings is 2. The highest BCUT2D eigenvalue weighted by atomic mass is 35.5. The van der Waals surface area contributed by atoms with Gasteiger partial charge in [-0.2, -0.15) is 5.10 Å². The van der Waals surface area contributed by atoms with E-state index in [1.54, 1.807) is 0 Å². The third-order valence-corrected chi connectivity index (χ3v) is 5.91. The lowest BCUT2D eigenvalue weighted by molar-refractivity contribution is -0.126. The van der Waals surface area contributed by atoms with Crippen LogP contribution >= 0.6 is 11.6 Å². The standard InChI is InChI=1S/C22H24ClN3O/c1-26-21-10-9-16(11-19(21)14-25-26)17-7-8-18(20(23)12-17)13-24-22(27)15-5-3-2-4-6-15/h7-12,14-15H,2-6,13H2,1H3,(H,24,27). The summed E-state index contributed by atoms with van der Waals surface area (Å²) >= 11 is 6.50. The lowest BCUT2D eigenvalue weighted by atomic mass is 9.88. The molecule has 5 heteroatoms. The third-order valence-electron chi connectivity index (χ3n) is 5.56. The van der Waals surface area contributed by atoms with Gasteiger partial charge in [0.25, 0.3) is 0 Å². The maximum Gasteiger partial charge on any atom is 0.223 e. The highest BCUT2D eigenvalue weighted by Crippen LogP contribution is 2.29. The van der Waals surface area contributed by atoms with Crippen LogP contribution in [0.15, 0.2) is 42.6 Å². The summed E-state index contributed by atoms with van der Waals surface area (Å²) in [6, 6.07) is 12.3. The highest BCUT2D eigenvalue weighted by molar-refractivity contribution is 6.31. The van der Waals surface area contributed by atoms with Crippen LogP contribution in [0.5, 0.6) is 0 Å². The summed E-state index contributed by atoms with van der Waals surface area (Å²) in [6.07, 6.45) is 7.46. The van der Waals surface area contributed by atoms with E-state index in [2.05, 4.69) is 34.7 Å². The number of rotatable bonds is 4. The maximum atomic E-state index is 12.3. The van der Waals surface area contributed by atoms with Crippen LogP contribution in [0.25, 0.3) is 22.0 Å². The second-order valence-corrected chi connectivity index (χ2v) is 7.81. The van der Waals surface area contributed by atoms with E-state index in [1.807, 2.05) is 30.1 Å². The van der Waals surface area contributed by atoms with Gasteiger partial charge in [-0.05, 0) is 47.7 Å². The van der Waals surface area contributed by atoms with Gasteiger partial charge in [0.2, 0.25) is 5.91 Å². The van der Waals surface area contributed by atoms with Crippen molar-refractivity contribution in [3.63, 3.8) is 0 Å². The average Bonchev–Trinajstić information content (AvgIpc) is 3.07. The Kier molecular flexibility index (Phi) is 5.17. The van der Waals surface area contributed by atoms with Gasteiger partial charge in [-0.1, -0.05) is 49.1 Å². The number of amides is 1. The van der Waals surface area contributed by atoms with Crippen LogP contribution in [0, 0.1) is 5.92 Å². The Bertz CT molecular complexity index is 973. The molecule has 4 rings (SSSR count). The van der Waals surface area contributed by atoms with E-state index in [-0.39, 0.29) is 11.8 Å². The van der Waals surface area contributed by atoms with Crippen LogP contribution < -0.4 is 5.32 Å². The van der Waals surface area contributed by atoms with E-state index < -0.39 is 0 Å². The Morgan fingerprint density at radius 1 is 1.15 bits per heavy atom. The fourth-order valence-electron chi connectivity index (χ4n) is 3.90. The number of hydrogen-bond donors (Lipinski definition) is 1. The van der Waals surface area contributed by atoms with Crippen LogP contribution in [0.4, 0.5) is 0 Å². The second kappa shape index (κ2) is 7.73. The van der Waals surface area contributed by atoms with Gasteiger partial charge in [0.1, 0.15) is 0 Å². The van der Waals surface area contributed by atoms with E-state index >= 15 is 0 Å². The van der Waals surface area contributed by atoms with Gasteiger partial charge in [-0.15, -0.1) is 0 Å². The van der Waals surface area contributed by atoms with Gasteiger partial charge in [-0.25, -0.2) is 0 Å². The molecule has 1 aliphatic carbocycles. The van der Waals surface area contributed by atoms with E-state index in [0.29, 0.717) is 11.6 Å². The molecule has 1 fully saturated rings. The van der Waals surface area contributed by atoms with E-state index in [9.17, 15) is 4.79 Å². The molecule has 0 saturated heterocycles. The Labute approximate surface area is 164 Å². The monoisotopic (exact) mass is 381 g/mol. The van der Waals surface area contributed by atoms with Crippen molar-refractivity contribution in [3.8, 4) is 11.1 Å². The second-order valence-electron chi connectivity index (χ2n) is 7.40. The molecule has 27 heavy (non-hydrogen) atoms. The van der Waals surface area contributed by atoms with Crippen molar-refractivity contribution in [1.29, 1.82) is 0 Å². The Hall–Kier alpha value is -2.33. The van der Waals surface area contributed by atoms with Gasteiger partial charge in [-0.3, -0.25) is 9.48 Å². The zero-order valence-corrected chi connectivity index (χ0v) is 16.3. The molecule has 140 valence electrons. The number of aryl methyl sites for hydroxylation is 1. The molecule has 0 bridgehead atoms. The van der Waals surface area contributed by atoms with Crippen molar-refractivity contribution < 1.29 is 4.79 Å². The number of hydrogen-bond acceptors (Lipinski definition) is 2. The molecular weight excluding hydrogens is 358 g/mol. The average molecular weight is 382 g/mol. The molecule has 1 amide bonds. The SMILES string of the molecule is Cn1ncc2cc(-c3ccc(CNC(=O)C4CCCCC4)c(Cl)c3)ccc21. The van der Waals surface area contributed by atoms with Crippen LogP contribution in [0.3, 0.4) is 0 Å². The summed E-state index contributed by atoms with van der Waals surface area (Å²) in [5, 5.41) is 9.14. The van der Waals surface area contributed by atoms with Gasteiger partial charge in [0, 0.05) is 29.9 Å². The van der Waals surface area contributed by atoms with Crippen LogP contribution in [-0.2, 0) is 18.4 Å². The maximum absolute atomic E-state index is 12.3. The van der Waals surface area contributed by atoms with Gasteiger partial charge >= 0.3 is 0 Å². The van der Waals surface area contributed by atoms with Gasteiger partial charge in [0.15, 0.2) is 0 Å². The van der Waals surface area contributed by atoms with Crippen molar-refractivity contribution in [2.45, 2.75) is 38.6 Å². The van der Waals surface area contributed by atoms with Gasteiger partial charge in [0.05, 0.1) is 11.7 Å². The van der Waals surface area contributed by atoms with Gasteiger partial charge < -0.3 is 5.32 Å². The summed E-state index contributed by atoms with van der Waals surface area (Å²) in [5.41, 5.74) is 4.22. The molecule has 0 atom stereocenters. The summed E-state index contributed by atoms with van der Waals surface area (Å²) in [5.74, 6) is 0.333. The molecule has 1 aromatic heterocycles. The predicted octanol–water partition coefficient (Wildman–Crippen LogP) is 5.09. The zero-order valence-electron chi connectivity index (χ0n) is 15.5. The molecule has 1 heterocycles. The number of nitrogens with one attached hydrogen (secondary N) is 1. The number of carbonyl (C=O) groups is 1. The largest absolute Gasteiger partial charge is 0.352 e. The number of carbonyl (C=O) groups excluding carboxylic acids is 1. The van der Waals surface area contributed by atoms with Crippen molar-refractivity contribution in [2.24, 2.45) is 13.0 Å². The number of halogens is 1. The number of nitrogens with zero attached hydrogens (tertiary/aromatic N) is 2. The lowest BCUT2D eigenvalue weighted by Crippen LogP contribution is -2.31. The molecular formula is C22H24ClN3O. The minimum absolute atomic E-state index is 0.164. The first-order valence-corrected chi connectivity index (χ1v) is 9.98. The summed E-state index contributed by atoms with van der Waals surface area (Å²) in [6.45, 7) is 0.482. The van der Waals surface area contributed by atoms with E-state index in [4.69, 9.17) is 11.6 Å². The topological polar surface area (TPSA) is 46.9 Å².